The van der Waals surface area contributed by atoms with Gasteiger partial charge in [-0.2, -0.15) is 0 Å². The summed E-state index contributed by atoms with van der Waals surface area (Å²) in [4.78, 5) is 5.31. The van der Waals surface area contributed by atoms with Gasteiger partial charge >= 0.3 is 0 Å². The van der Waals surface area contributed by atoms with Gasteiger partial charge in [0.15, 0.2) is 0 Å². The van der Waals surface area contributed by atoms with Crippen LogP contribution < -0.4 is 4.90 Å². The maximum absolute atomic E-state index is 2.54. The number of hydrogen-bond acceptors (Lipinski definition) is 2. The Balaban J connectivity index is 1.39. The van der Waals surface area contributed by atoms with Gasteiger partial charge in [0.05, 0.1) is 11.4 Å². The van der Waals surface area contributed by atoms with E-state index in [0.29, 0.717) is 0 Å². The van der Waals surface area contributed by atoms with Crippen molar-refractivity contribution in [1.82, 2.24) is 0 Å². The van der Waals surface area contributed by atoms with Crippen LogP contribution in [0.15, 0.2) is 58.3 Å². The van der Waals surface area contributed by atoms with Gasteiger partial charge in [-0.25, -0.2) is 0 Å². The highest BCUT2D eigenvalue weighted by Gasteiger charge is 2.21. The Morgan fingerprint density at radius 3 is 1.56 bits per heavy atom. The molecule has 0 bridgehead atoms. The summed E-state index contributed by atoms with van der Waals surface area (Å²) in [6.45, 7) is 3.42. The first-order chi connectivity index (χ1) is 13.4. The fraction of sp³-hybridized carbons (Fsp3) is 0.520. The van der Waals surface area contributed by atoms with Crippen LogP contribution in [0.5, 0.6) is 0 Å². The van der Waals surface area contributed by atoms with Crippen LogP contribution in [-0.2, 0) is 0 Å². The van der Waals surface area contributed by atoms with Gasteiger partial charge in [-0.3, -0.25) is 0 Å². The van der Waals surface area contributed by atoms with E-state index in [2.05, 4.69) is 60.4 Å². The maximum Gasteiger partial charge on any atom is 0.0552 e. The van der Waals surface area contributed by atoms with Crippen LogP contribution in [0.25, 0.3) is 0 Å². The predicted octanol–water partition coefficient (Wildman–Crippen LogP) is 8.60. The zero-order valence-electron chi connectivity index (χ0n) is 17.0. The molecule has 0 aromatic heterocycles. The summed E-state index contributed by atoms with van der Waals surface area (Å²) in [5.41, 5.74) is 2.77. The van der Waals surface area contributed by atoms with Gasteiger partial charge in [-0.15, -0.1) is 0 Å². The molecule has 0 saturated heterocycles. The van der Waals surface area contributed by atoms with Gasteiger partial charge in [0, 0.05) is 16.3 Å². The molecule has 146 valence electrons. The number of anilines is 2. The lowest BCUT2D eigenvalue weighted by Gasteiger charge is -2.32. The van der Waals surface area contributed by atoms with Gasteiger partial charge in [0.2, 0.25) is 0 Å². The highest BCUT2D eigenvalue weighted by molar-refractivity contribution is 7.99. The number of nitrogens with zero attached hydrogens (tertiary/aromatic N) is 1. The minimum absolute atomic E-state index is 1.13. The summed E-state index contributed by atoms with van der Waals surface area (Å²) in [7, 11) is 0. The van der Waals surface area contributed by atoms with Gasteiger partial charge in [0.1, 0.15) is 0 Å². The second kappa shape index (κ2) is 11.4. The number of para-hydroxylation sites is 2. The topological polar surface area (TPSA) is 3.24 Å². The highest BCUT2D eigenvalue weighted by atomic mass is 32.2. The first-order valence-electron chi connectivity index (χ1n) is 11.0. The number of unbranched alkanes of at least 4 members (excludes halogenated alkanes) is 10. The molecule has 2 aromatic rings. The second-order valence-corrected chi connectivity index (χ2v) is 8.81. The van der Waals surface area contributed by atoms with Gasteiger partial charge in [0.25, 0.3) is 0 Å². The third-order valence-electron chi connectivity index (χ3n) is 5.52. The summed E-state index contributed by atoms with van der Waals surface area (Å²) in [5.74, 6) is 0. The standard InChI is InChI=1S/C25H35NS/c1-2-3-4-5-6-7-8-9-10-11-16-21-26-22-17-12-14-19-24(22)27-25-20-15-13-18-23(25)26/h12-15,17-20H,2-11,16,21H2,1H3. The lowest BCUT2D eigenvalue weighted by Crippen LogP contribution is -2.21. The van der Waals surface area contributed by atoms with Crippen molar-refractivity contribution in [3.63, 3.8) is 0 Å². The van der Waals surface area contributed by atoms with Crippen LogP contribution in [0.4, 0.5) is 11.4 Å². The molecule has 0 spiro atoms. The average molecular weight is 382 g/mol. The van der Waals surface area contributed by atoms with Crippen molar-refractivity contribution in [2.75, 3.05) is 11.4 Å². The fourth-order valence-electron chi connectivity index (χ4n) is 3.96. The van der Waals surface area contributed by atoms with E-state index in [-0.39, 0.29) is 0 Å². The second-order valence-electron chi connectivity index (χ2n) is 7.72. The third kappa shape index (κ3) is 6.04. The smallest absolute Gasteiger partial charge is 0.0552 e. The minimum Gasteiger partial charge on any atom is -0.340 e. The van der Waals surface area contributed by atoms with Gasteiger partial charge in [-0.05, 0) is 30.7 Å². The van der Waals surface area contributed by atoms with E-state index >= 15 is 0 Å². The zero-order chi connectivity index (χ0) is 18.7. The van der Waals surface area contributed by atoms with Crippen LogP contribution in [-0.4, -0.2) is 6.54 Å². The Hall–Kier alpha value is -1.41. The minimum atomic E-state index is 1.13. The van der Waals surface area contributed by atoms with Crippen LogP contribution in [0.1, 0.15) is 77.6 Å². The molecule has 2 aromatic carbocycles. The van der Waals surface area contributed by atoms with E-state index in [1.54, 1.807) is 0 Å². The van der Waals surface area contributed by atoms with Gasteiger partial charge < -0.3 is 4.90 Å². The Morgan fingerprint density at radius 1 is 0.593 bits per heavy atom. The number of hydrogen-bond donors (Lipinski definition) is 0. The predicted molar refractivity (Wildman–Crippen MR) is 120 cm³/mol. The quantitative estimate of drug-likeness (QED) is 0.339. The van der Waals surface area contributed by atoms with Crippen LogP contribution >= 0.6 is 11.8 Å². The van der Waals surface area contributed by atoms with E-state index < -0.39 is 0 Å². The molecule has 1 nitrogen and oxygen atoms in total. The molecule has 0 amide bonds. The molecule has 1 heterocycles. The van der Waals surface area contributed by atoms with Crippen molar-refractivity contribution in [3.8, 4) is 0 Å². The van der Waals surface area contributed by atoms with Crippen molar-refractivity contribution < 1.29 is 0 Å². The molecule has 0 fully saturated rings. The van der Waals surface area contributed by atoms with E-state index in [0.717, 1.165) is 6.54 Å². The summed E-state index contributed by atoms with van der Waals surface area (Å²) in [5, 5.41) is 0. The van der Waals surface area contributed by atoms with Crippen LogP contribution in [0.3, 0.4) is 0 Å². The molecule has 0 atom stereocenters. The van der Waals surface area contributed by atoms with Crippen molar-refractivity contribution in [2.45, 2.75) is 87.3 Å². The summed E-state index contributed by atoms with van der Waals surface area (Å²) >= 11 is 1.90. The molecule has 0 unspecified atom stereocenters. The Bertz CT molecular complexity index is 636. The van der Waals surface area contributed by atoms with E-state index in [9.17, 15) is 0 Å². The number of fused-ring (bicyclic) bond motifs is 2. The first kappa shape index (κ1) is 20.3. The first-order valence-corrected chi connectivity index (χ1v) is 11.8. The van der Waals surface area contributed by atoms with Crippen molar-refractivity contribution in [3.05, 3.63) is 48.5 Å². The molecule has 0 N–H and O–H groups in total. The number of benzene rings is 2. The fourth-order valence-corrected chi connectivity index (χ4v) is 5.05. The molecule has 27 heavy (non-hydrogen) atoms. The monoisotopic (exact) mass is 381 g/mol. The Kier molecular flexibility index (Phi) is 8.61. The Labute approximate surface area is 170 Å². The van der Waals surface area contributed by atoms with Crippen molar-refractivity contribution >= 4 is 23.1 Å². The van der Waals surface area contributed by atoms with Crippen LogP contribution in [0, 0.1) is 0 Å². The molecule has 0 radical (unpaired) electrons. The number of rotatable bonds is 12. The van der Waals surface area contributed by atoms with E-state index in [1.165, 1.54) is 91.8 Å². The summed E-state index contributed by atoms with van der Waals surface area (Å²) < 4.78 is 0. The molecule has 2 heteroatoms. The molecule has 0 saturated carbocycles. The maximum atomic E-state index is 2.54. The SMILES string of the molecule is CCCCCCCCCCCCCN1c2ccccc2Sc2ccccc21. The normalized spacial score (nSPS) is 12.7. The van der Waals surface area contributed by atoms with Crippen LogP contribution in [0.2, 0.25) is 0 Å². The highest BCUT2D eigenvalue weighted by Crippen LogP contribution is 2.47. The van der Waals surface area contributed by atoms with Crippen molar-refractivity contribution in [2.24, 2.45) is 0 Å². The van der Waals surface area contributed by atoms with E-state index in [1.807, 2.05) is 11.8 Å². The molecular weight excluding hydrogens is 346 g/mol. The Morgan fingerprint density at radius 2 is 1.04 bits per heavy atom. The van der Waals surface area contributed by atoms with Gasteiger partial charge in [-0.1, -0.05) is 107 Å². The zero-order valence-corrected chi connectivity index (χ0v) is 17.8. The largest absolute Gasteiger partial charge is 0.340 e. The third-order valence-corrected chi connectivity index (χ3v) is 6.65. The van der Waals surface area contributed by atoms with E-state index in [4.69, 9.17) is 0 Å². The lowest BCUT2D eigenvalue weighted by molar-refractivity contribution is 0.550. The lowest BCUT2D eigenvalue weighted by atomic mass is 10.1. The molecular formula is C25H35NS. The summed E-state index contributed by atoms with van der Waals surface area (Å²) in [6.07, 6.45) is 15.4. The summed E-state index contributed by atoms with van der Waals surface area (Å²) in [6, 6.07) is 17.7. The van der Waals surface area contributed by atoms with Crippen molar-refractivity contribution in [1.29, 1.82) is 0 Å². The molecule has 1 aliphatic rings. The molecule has 1 aliphatic heterocycles. The average Bonchev–Trinajstić information content (AvgIpc) is 2.71. The molecule has 0 aliphatic carbocycles. The molecule has 3 rings (SSSR count).